The van der Waals surface area contributed by atoms with Gasteiger partial charge in [0.15, 0.2) is 6.61 Å². The van der Waals surface area contributed by atoms with Gasteiger partial charge < -0.3 is 9.57 Å². The highest BCUT2D eigenvalue weighted by atomic mass is 16.6. The third kappa shape index (κ3) is 3.49. The number of benzene rings is 1. The van der Waals surface area contributed by atoms with Gasteiger partial charge in [-0.3, -0.25) is 0 Å². The first-order chi connectivity index (χ1) is 13.4. The molecule has 0 amide bonds. The number of para-hydroxylation sites is 1. The summed E-state index contributed by atoms with van der Waals surface area (Å²) < 4.78 is 5.66. The van der Waals surface area contributed by atoms with Crippen LogP contribution in [-0.4, -0.2) is 18.9 Å². The van der Waals surface area contributed by atoms with Crippen molar-refractivity contribution in [3.05, 3.63) is 42.0 Å². The Kier molecular flexibility index (Phi) is 5.28. The molecular formula is C25H35NO2. The standard InChI is InChI=1S/C25H35NO2/c1-18(26-28-16-15-27-19-9-6-5-7-10-19)17-22-20-11-12-21-23(20)24(2,3)13-8-14-25(21,22)4/h5-7,9-10,17,20-21,23H,8,11-16H2,1-4H3/b22-17?,26-18+/t20-,21-,23+,25+/m1/s1. The lowest BCUT2D eigenvalue weighted by Gasteiger charge is -2.36. The monoisotopic (exact) mass is 381 g/mol. The molecule has 0 spiro atoms. The predicted molar refractivity (Wildman–Crippen MR) is 115 cm³/mol. The molecule has 1 aromatic carbocycles. The molecule has 3 nitrogen and oxygen atoms in total. The number of hydrogen-bond acceptors (Lipinski definition) is 3. The summed E-state index contributed by atoms with van der Waals surface area (Å²) in [4.78, 5) is 5.54. The van der Waals surface area contributed by atoms with Gasteiger partial charge in [-0.25, -0.2) is 0 Å². The zero-order chi connectivity index (χ0) is 19.8. The minimum Gasteiger partial charge on any atom is -0.490 e. The number of nitrogens with zero attached hydrogens (tertiary/aromatic N) is 1. The van der Waals surface area contributed by atoms with E-state index in [1.165, 1.54) is 32.1 Å². The van der Waals surface area contributed by atoms with E-state index in [4.69, 9.17) is 9.57 Å². The van der Waals surface area contributed by atoms with Crippen LogP contribution in [0, 0.1) is 28.6 Å². The first-order valence-corrected chi connectivity index (χ1v) is 11.0. The fourth-order valence-electron chi connectivity index (χ4n) is 6.58. The van der Waals surface area contributed by atoms with Gasteiger partial charge in [0.25, 0.3) is 0 Å². The molecule has 0 saturated heterocycles. The molecule has 1 aromatic rings. The minimum atomic E-state index is 0.370. The Balaban J connectivity index is 1.40. The van der Waals surface area contributed by atoms with Crippen molar-refractivity contribution in [1.29, 1.82) is 0 Å². The Morgan fingerprint density at radius 3 is 2.68 bits per heavy atom. The van der Waals surface area contributed by atoms with Crippen molar-refractivity contribution < 1.29 is 9.57 Å². The average Bonchev–Trinajstić information content (AvgIpc) is 3.17. The third-order valence-electron chi connectivity index (χ3n) is 7.71. The number of rotatable bonds is 6. The topological polar surface area (TPSA) is 30.8 Å². The lowest BCUT2D eigenvalue weighted by Crippen LogP contribution is -2.28. The van der Waals surface area contributed by atoms with Crippen LogP contribution in [0.2, 0.25) is 0 Å². The molecule has 3 aliphatic carbocycles. The van der Waals surface area contributed by atoms with Gasteiger partial charge in [0.05, 0.1) is 5.71 Å². The molecule has 3 heteroatoms. The summed E-state index contributed by atoms with van der Waals surface area (Å²) in [5.41, 5.74) is 3.49. The van der Waals surface area contributed by atoms with Crippen LogP contribution in [0.3, 0.4) is 0 Å². The number of allylic oxidation sites excluding steroid dienone is 2. The molecule has 3 fully saturated rings. The van der Waals surface area contributed by atoms with Crippen molar-refractivity contribution in [1.82, 2.24) is 0 Å². The summed E-state index contributed by atoms with van der Waals surface area (Å²) in [7, 11) is 0. The zero-order valence-corrected chi connectivity index (χ0v) is 17.9. The van der Waals surface area contributed by atoms with Gasteiger partial charge in [-0.2, -0.15) is 0 Å². The molecule has 0 N–H and O–H groups in total. The van der Waals surface area contributed by atoms with Crippen molar-refractivity contribution in [3.8, 4) is 5.75 Å². The minimum absolute atomic E-state index is 0.370. The molecule has 4 atom stereocenters. The van der Waals surface area contributed by atoms with E-state index in [1.807, 2.05) is 30.3 Å². The highest BCUT2D eigenvalue weighted by Gasteiger charge is 2.62. The highest BCUT2D eigenvalue weighted by molar-refractivity contribution is 5.93. The maximum absolute atomic E-state index is 5.66. The molecule has 4 rings (SSSR count). The molecule has 0 heterocycles. The molecule has 0 aliphatic heterocycles. The van der Waals surface area contributed by atoms with Crippen LogP contribution in [0.1, 0.15) is 59.8 Å². The van der Waals surface area contributed by atoms with Crippen LogP contribution in [-0.2, 0) is 4.84 Å². The summed E-state index contributed by atoms with van der Waals surface area (Å²) >= 11 is 0. The van der Waals surface area contributed by atoms with Crippen molar-refractivity contribution >= 4 is 5.71 Å². The van der Waals surface area contributed by atoms with Crippen molar-refractivity contribution in [2.45, 2.75) is 59.8 Å². The number of oxime groups is 1. The van der Waals surface area contributed by atoms with E-state index in [0.29, 0.717) is 24.0 Å². The summed E-state index contributed by atoms with van der Waals surface area (Å²) in [5, 5.41) is 4.37. The first kappa shape index (κ1) is 19.5. The molecule has 0 aromatic heterocycles. The zero-order valence-electron chi connectivity index (χ0n) is 17.9. The molecule has 0 radical (unpaired) electrons. The summed E-state index contributed by atoms with van der Waals surface area (Å²) in [6.45, 7) is 10.6. The van der Waals surface area contributed by atoms with Gasteiger partial charge >= 0.3 is 0 Å². The fourth-order valence-corrected chi connectivity index (χ4v) is 6.58. The van der Waals surface area contributed by atoms with Crippen molar-refractivity contribution in [2.75, 3.05) is 13.2 Å². The van der Waals surface area contributed by atoms with E-state index in [9.17, 15) is 0 Å². The van der Waals surface area contributed by atoms with Gasteiger partial charge in [0, 0.05) is 0 Å². The van der Waals surface area contributed by atoms with Gasteiger partial charge in [-0.15, -0.1) is 0 Å². The Morgan fingerprint density at radius 1 is 1.11 bits per heavy atom. The molecule has 0 unspecified atom stereocenters. The van der Waals surface area contributed by atoms with Crippen molar-refractivity contribution in [2.24, 2.45) is 33.7 Å². The molecule has 3 aliphatic rings. The second-order valence-corrected chi connectivity index (χ2v) is 9.90. The van der Waals surface area contributed by atoms with E-state index in [-0.39, 0.29) is 0 Å². The number of hydrogen-bond donors (Lipinski definition) is 0. The average molecular weight is 382 g/mol. The van der Waals surface area contributed by atoms with Crippen LogP contribution < -0.4 is 4.74 Å². The number of ether oxygens (including phenoxy) is 1. The fraction of sp³-hybridized carbons (Fsp3) is 0.640. The normalized spacial score (nSPS) is 35.1. The van der Waals surface area contributed by atoms with Crippen LogP contribution in [0.5, 0.6) is 5.75 Å². The maximum Gasteiger partial charge on any atom is 0.151 e. The summed E-state index contributed by atoms with van der Waals surface area (Å²) in [6.07, 6.45) is 9.19. The van der Waals surface area contributed by atoms with E-state index in [0.717, 1.165) is 29.2 Å². The summed E-state index contributed by atoms with van der Waals surface area (Å²) in [6, 6.07) is 9.84. The van der Waals surface area contributed by atoms with Gasteiger partial charge in [0.1, 0.15) is 12.4 Å². The van der Waals surface area contributed by atoms with E-state index >= 15 is 0 Å². The first-order valence-electron chi connectivity index (χ1n) is 11.0. The smallest absolute Gasteiger partial charge is 0.151 e. The molecule has 28 heavy (non-hydrogen) atoms. The van der Waals surface area contributed by atoms with E-state index in [2.05, 4.69) is 38.9 Å². The quantitative estimate of drug-likeness (QED) is 0.331. The molecule has 3 saturated carbocycles. The van der Waals surface area contributed by atoms with Crippen molar-refractivity contribution in [3.63, 3.8) is 0 Å². The molecule has 152 valence electrons. The Bertz CT molecular complexity index is 751. The largest absolute Gasteiger partial charge is 0.490 e. The summed E-state index contributed by atoms with van der Waals surface area (Å²) in [5.74, 6) is 3.32. The Hall–Kier alpha value is -1.77. The van der Waals surface area contributed by atoms with Gasteiger partial charge in [-0.05, 0) is 79.4 Å². The van der Waals surface area contributed by atoms with E-state index in [1.54, 1.807) is 5.57 Å². The second kappa shape index (κ2) is 7.57. The van der Waals surface area contributed by atoms with Gasteiger partial charge in [0.2, 0.25) is 0 Å². The second-order valence-electron chi connectivity index (χ2n) is 9.90. The van der Waals surface area contributed by atoms with Crippen LogP contribution in [0.25, 0.3) is 0 Å². The van der Waals surface area contributed by atoms with E-state index < -0.39 is 0 Å². The highest BCUT2D eigenvalue weighted by Crippen LogP contribution is 2.70. The lowest BCUT2D eigenvalue weighted by atomic mass is 9.68. The Labute approximate surface area is 170 Å². The SMILES string of the molecule is C/C(C=C1[C@H]2CC[C@@H]3[C@H]2C(C)(C)CCC[C@]13C)=N\OCCOc1ccccc1. The third-order valence-corrected chi connectivity index (χ3v) is 7.71. The van der Waals surface area contributed by atoms with Crippen LogP contribution >= 0.6 is 0 Å². The Morgan fingerprint density at radius 2 is 1.89 bits per heavy atom. The molecule has 4 bridgehead atoms. The van der Waals surface area contributed by atoms with Crippen LogP contribution in [0.15, 0.2) is 47.1 Å². The van der Waals surface area contributed by atoms with Gasteiger partial charge in [-0.1, -0.05) is 56.1 Å². The predicted octanol–water partition coefficient (Wildman–Crippen LogP) is 6.26. The lowest BCUT2D eigenvalue weighted by molar-refractivity contribution is 0.107. The molecular weight excluding hydrogens is 346 g/mol. The maximum atomic E-state index is 5.66. The van der Waals surface area contributed by atoms with Crippen LogP contribution in [0.4, 0.5) is 0 Å².